The van der Waals surface area contributed by atoms with E-state index in [0.717, 1.165) is 25.2 Å². The summed E-state index contributed by atoms with van der Waals surface area (Å²) < 4.78 is 0. The maximum absolute atomic E-state index is 4.70. The Hall–Kier alpha value is -2.40. The lowest BCUT2D eigenvalue weighted by atomic mass is 10.1. The fourth-order valence-electron chi connectivity index (χ4n) is 2.56. The van der Waals surface area contributed by atoms with Crippen molar-refractivity contribution in [3.05, 3.63) is 54.5 Å². The first-order chi connectivity index (χ1) is 10.9. The van der Waals surface area contributed by atoms with Crippen LogP contribution in [0.2, 0.25) is 0 Å². The molecule has 0 amide bonds. The summed E-state index contributed by atoms with van der Waals surface area (Å²) in [6.45, 7) is 3.95. The molecule has 1 aliphatic rings. The average Bonchev–Trinajstić information content (AvgIpc) is 2.57. The van der Waals surface area contributed by atoms with Gasteiger partial charge in [-0.3, -0.25) is 9.89 Å². The van der Waals surface area contributed by atoms with E-state index in [1.807, 2.05) is 12.3 Å². The van der Waals surface area contributed by atoms with E-state index in [4.69, 9.17) is 4.99 Å². The fraction of sp³-hybridized carbons (Fsp3) is 0.294. The number of nitrogens with zero attached hydrogens (tertiary/aromatic N) is 5. The molecular formula is C17H19N5. The van der Waals surface area contributed by atoms with Crippen LogP contribution < -0.4 is 0 Å². The SMILES string of the molecule is CCCN1CC(=Nc2ccncn2)C=NC1c1ccccc1. The van der Waals surface area contributed by atoms with Crippen molar-refractivity contribution in [2.24, 2.45) is 9.98 Å². The minimum Gasteiger partial charge on any atom is -0.272 e. The van der Waals surface area contributed by atoms with Crippen LogP contribution in [0, 0.1) is 0 Å². The Kier molecular flexibility index (Phi) is 4.65. The zero-order chi connectivity index (χ0) is 15.2. The average molecular weight is 293 g/mol. The van der Waals surface area contributed by atoms with E-state index in [-0.39, 0.29) is 6.17 Å². The summed E-state index contributed by atoms with van der Waals surface area (Å²) >= 11 is 0. The van der Waals surface area contributed by atoms with Crippen LogP contribution >= 0.6 is 0 Å². The third kappa shape index (κ3) is 3.43. The molecule has 1 atom stereocenters. The molecular weight excluding hydrogens is 274 g/mol. The van der Waals surface area contributed by atoms with Crippen molar-refractivity contribution in [2.75, 3.05) is 13.1 Å². The van der Waals surface area contributed by atoms with Crippen molar-refractivity contribution in [1.82, 2.24) is 14.9 Å². The lowest BCUT2D eigenvalue weighted by Crippen LogP contribution is -2.37. The number of hydrogen-bond acceptors (Lipinski definition) is 5. The molecule has 1 aromatic carbocycles. The molecule has 2 heterocycles. The second-order valence-corrected chi connectivity index (χ2v) is 5.20. The molecule has 3 rings (SSSR count). The molecule has 112 valence electrons. The molecule has 0 radical (unpaired) electrons. The minimum atomic E-state index is 0.0745. The number of benzene rings is 1. The maximum Gasteiger partial charge on any atom is 0.155 e. The minimum absolute atomic E-state index is 0.0745. The lowest BCUT2D eigenvalue weighted by Gasteiger charge is -2.31. The van der Waals surface area contributed by atoms with E-state index in [9.17, 15) is 0 Å². The van der Waals surface area contributed by atoms with Crippen LogP contribution in [-0.2, 0) is 0 Å². The van der Waals surface area contributed by atoms with Crippen molar-refractivity contribution in [2.45, 2.75) is 19.5 Å². The molecule has 1 aliphatic heterocycles. The van der Waals surface area contributed by atoms with Gasteiger partial charge in [-0.2, -0.15) is 0 Å². The monoisotopic (exact) mass is 293 g/mol. The summed E-state index contributed by atoms with van der Waals surface area (Å²) in [6, 6.07) is 12.2. The van der Waals surface area contributed by atoms with Crippen molar-refractivity contribution in [3.8, 4) is 0 Å². The van der Waals surface area contributed by atoms with Crippen LogP contribution in [0.1, 0.15) is 25.1 Å². The molecule has 0 N–H and O–H groups in total. The molecule has 0 aliphatic carbocycles. The van der Waals surface area contributed by atoms with Gasteiger partial charge in [0, 0.05) is 31.6 Å². The number of aliphatic imine (C=N–C) groups is 2. The Morgan fingerprint density at radius 2 is 2.09 bits per heavy atom. The van der Waals surface area contributed by atoms with E-state index >= 15 is 0 Å². The molecule has 1 aromatic heterocycles. The van der Waals surface area contributed by atoms with Gasteiger partial charge in [-0.25, -0.2) is 15.0 Å². The third-order valence-electron chi connectivity index (χ3n) is 3.51. The van der Waals surface area contributed by atoms with Gasteiger partial charge in [0.15, 0.2) is 5.82 Å². The summed E-state index contributed by atoms with van der Waals surface area (Å²) in [5.74, 6) is 0.672. The highest BCUT2D eigenvalue weighted by Gasteiger charge is 2.23. The summed E-state index contributed by atoms with van der Waals surface area (Å²) in [4.78, 5) is 19.7. The van der Waals surface area contributed by atoms with Gasteiger partial charge in [0.2, 0.25) is 0 Å². The van der Waals surface area contributed by atoms with Gasteiger partial charge >= 0.3 is 0 Å². The molecule has 0 spiro atoms. The largest absolute Gasteiger partial charge is 0.272 e. The second kappa shape index (κ2) is 7.04. The summed E-state index contributed by atoms with van der Waals surface area (Å²) in [5.41, 5.74) is 2.15. The van der Waals surface area contributed by atoms with Crippen molar-refractivity contribution in [1.29, 1.82) is 0 Å². The first-order valence-corrected chi connectivity index (χ1v) is 7.52. The normalized spacial score (nSPS) is 20.4. The zero-order valence-electron chi connectivity index (χ0n) is 12.6. The summed E-state index contributed by atoms with van der Waals surface area (Å²) in [5, 5.41) is 0. The highest BCUT2D eigenvalue weighted by atomic mass is 15.3. The summed E-state index contributed by atoms with van der Waals surface area (Å²) in [7, 11) is 0. The van der Waals surface area contributed by atoms with Gasteiger partial charge in [-0.1, -0.05) is 37.3 Å². The smallest absolute Gasteiger partial charge is 0.155 e. The van der Waals surface area contributed by atoms with Crippen LogP contribution in [0.4, 0.5) is 5.82 Å². The molecule has 22 heavy (non-hydrogen) atoms. The third-order valence-corrected chi connectivity index (χ3v) is 3.51. The predicted octanol–water partition coefficient (Wildman–Crippen LogP) is 3.04. The molecule has 0 saturated carbocycles. The predicted molar refractivity (Wildman–Crippen MR) is 88.7 cm³/mol. The van der Waals surface area contributed by atoms with Crippen LogP contribution in [0.25, 0.3) is 0 Å². The van der Waals surface area contributed by atoms with Crippen molar-refractivity contribution < 1.29 is 0 Å². The fourth-order valence-corrected chi connectivity index (χ4v) is 2.56. The topological polar surface area (TPSA) is 53.7 Å². The Morgan fingerprint density at radius 3 is 2.82 bits per heavy atom. The standard InChI is InChI=1S/C17H19N5/c1-2-10-22-12-15(21-16-8-9-18-13-20-16)11-19-17(22)14-6-4-3-5-7-14/h3-9,11,13,17H,2,10,12H2,1H3. The van der Waals surface area contributed by atoms with E-state index in [1.54, 1.807) is 12.3 Å². The van der Waals surface area contributed by atoms with Gasteiger partial charge in [-0.05, 0) is 12.0 Å². The van der Waals surface area contributed by atoms with Crippen LogP contribution in [0.3, 0.4) is 0 Å². The number of rotatable bonds is 4. The van der Waals surface area contributed by atoms with E-state index in [1.165, 1.54) is 11.9 Å². The van der Waals surface area contributed by atoms with Gasteiger partial charge < -0.3 is 0 Å². The van der Waals surface area contributed by atoms with E-state index in [0.29, 0.717) is 5.82 Å². The molecule has 1 unspecified atom stereocenters. The second-order valence-electron chi connectivity index (χ2n) is 5.20. The molecule has 5 heteroatoms. The number of hydrogen-bond donors (Lipinski definition) is 0. The van der Waals surface area contributed by atoms with Crippen LogP contribution in [0.15, 0.2) is 58.9 Å². The van der Waals surface area contributed by atoms with Crippen LogP contribution in [0.5, 0.6) is 0 Å². The van der Waals surface area contributed by atoms with Crippen LogP contribution in [-0.4, -0.2) is 39.9 Å². The molecule has 5 nitrogen and oxygen atoms in total. The number of aromatic nitrogens is 2. The Morgan fingerprint density at radius 1 is 1.23 bits per heavy atom. The highest BCUT2D eigenvalue weighted by Crippen LogP contribution is 2.24. The molecule has 2 aromatic rings. The van der Waals surface area contributed by atoms with Gasteiger partial charge in [-0.15, -0.1) is 0 Å². The maximum atomic E-state index is 4.70. The first-order valence-electron chi connectivity index (χ1n) is 7.52. The molecule has 0 fully saturated rings. The van der Waals surface area contributed by atoms with E-state index < -0.39 is 0 Å². The van der Waals surface area contributed by atoms with E-state index in [2.05, 4.69) is 51.0 Å². The highest BCUT2D eigenvalue weighted by molar-refractivity contribution is 6.32. The van der Waals surface area contributed by atoms with Crippen molar-refractivity contribution in [3.63, 3.8) is 0 Å². The van der Waals surface area contributed by atoms with Gasteiger partial charge in [0.05, 0.1) is 5.71 Å². The Balaban J connectivity index is 1.86. The summed E-state index contributed by atoms with van der Waals surface area (Å²) in [6.07, 6.45) is 6.23. The van der Waals surface area contributed by atoms with Gasteiger partial charge in [0.1, 0.15) is 12.5 Å². The molecule has 0 bridgehead atoms. The Bertz CT molecular complexity index is 651. The molecule has 0 saturated heterocycles. The zero-order valence-corrected chi connectivity index (χ0v) is 12.6. The van der Waals surface area contributed by atoms with Gasteiger partial charge in [0.25, 0.3) is 0 Å². The quantitative estimate of drug-likeness (QED) is 0.870. The first kappa shape index (κ1) is 14.5. The van der Waals surface area contributed by atoms with Crippen molar-refractivity contribution >= 4 is 17.7 Å². The lowest BCUT2D eigenvalue weighted by molar-refractivity contribution is 0.230. The Labute approximate surface area is 130 Å².